The van der Waals surface area contributed by atoms with Gasteiger partial charge in [0, 0.05) is 48.6 Å². The van der Waals surface area contributed by atoms with Gasteiger partial charge in [0.2, 0.25) is 17.6 Å². The molecule has 1 fully saturated rings. The van der Waals surface area contributed by atoms with Crippen molar-refractivity contribution >= 4 is 16.8 Å². The van der Waals surface area contributed by atoms with E-state index in [1.807, 2.05) is 35.2 Å². The number of carbonyl (C=O) groups is 1. The van der Waals surface area contributed by atoms with Gasteiger partial charge in [0.1, 0.15) is 0 Å². The number of H-pyrrole nitrogens is 1. The van der Waals surface area contributed by atoms with Crippen LogP contribution in [0.15, 0.2) is 65.3 Å². The number of piperidine rings is 1. The fourth-order valence-electron chi connectivity index (χ4n) is 4.48. The number of para-hydroxylation sites is 1. The van der Waals surface area contributed by atoms with Crippen molar-refractivity contribution in [3.05, 3.63) is 72.2 Å². The third-order valence-electron chi connectivity index (χ3n) is 6.19. The van der Waals surface area contributed by atoms with Crippen LogP contribution in [0, 0.1) is 0 Å². The number of nitrogens with zero attached hydrogens (tertiary/aromatic N) is 3. The van der Waals surface area contributed by atoms with Crippen LogP contribution in [-0.4, -0.2) is 39.0 Å². The highest BCUT2D eigenvalue weighted by molar-refractivity contribution is 5.83. The summed E-state index contributed by atoms with van der Waals surface area (Å²) in [7, 11) is 0. The molecule has 1 N–H and O–H groups in total. The Bertz CT molecular complexity index is 1160. The number of amides is 1. The number of likely N-dealkylation sites (tertiary alicyclic amines) is 1. The van der Waals surface area contributed by atoms with Gasteiger partial charge in [0.05, 0.1) is 0 Å². The number of aromatic nitrogens is 3. The Morgan fingerprint density at radius 2 is 1.84 bits per heavy atom. The van der Waals surface area contributed by atoms with Crippen molar-refractivity contribution in [3.8, 4) is 11.4 Å². The molecule has 0 unspecified atom stereocenters. The van der Waals surface area contributed by atoms with Gasteiger partial charge in [0.15, 0.2) is 0 Å². The zero-order valence-corrected chi connectivity index (χ0v) is 17.5. The lowest BCUT2D eigenvalue weighted by molar-refractivity contribution is -0.132. The molecule has 2 aromatic carbocycles. The van der Waals surface area contributed by atoms with Gasteiger partial charge >= 0.3 is 0 Å². The standard InChI is InChI=1S/C25H26N4O2/c30-24(12-6-11-23-27-25(28-31-23)19-7-2-1-3-8-19)29-15-13-18(14-16-29)21-17-26-22-10-5-4-9-20(21)22/h1-5,7-10,17-18,26H,6,11-16H2. The van der Waals surface area contributed by atoms with Crippen LogP contribution in [0.25, 0.3) is 22.3 Å². The minimum atomic E-state index is 0.222. The monoisotopic (exact) mass is 414 g/mol. The first kappa shape index (κ1) is 19.5. The summed E-state index contributed by atoms with van der Waals surface area (Å²) in [6.45, 7) is 1.64. The Kier molecular flexibility index (Phi) is 5.52. The molecular formula is C25H26N4O2. The first-order valence-corrected chi connectivity index (χ1v) is 11.0. The largest absolute Gasteiger partial charge is 0.361 e. The van der Waals surface area contributed by atoms with Gasteiger partial charge in [0.25, 0.3) is 0 Å². The topological polar surface area (TPSA) is 75.0 Å². The lowest BCUT2D eigenvalue weighted by Crippen LogP contribution is -2.37. The average molecular weight is 415 g/mol. The number of hydrogen-bond donors (Lipinski definition) is 1. The molecule has 1 aliphatic rings. The van der Waals surface area contributed by atoms with E-state index in [2.05, 4.69) is 45.6 Å². The summed E-state index contributed by atoms with van der Waals surface area (Å²) in [5.41, 5.74) is 3.51. The summed E-state index contributed by atoms with van der Waals surface area (Å²) in [5, 5.41) is 5.35. The van der Waals surface area contributed by atoms with Crippen LogP contribution in [0.4, 0.5) is 0 Å². The zero-order chi connectivity index (χ0) is 21.0. The molecule has 5 rings (SSSR count). The average Bonchev–Trinajstić information content (AvgIpc) is 3.47. The molecule has 158 valence electrons. The third kappa shape index (κ3) is 4.24. The number of hydrogen-bond acceptors (Lipinski definition) is 4. The maximum atomic E-state index is 12.7. The van der Waals surface area contributed by atoms with Crippen molar-refractivity contribution in [3.63, 3.8) is 0 Å². The summed E-state index contributed by atoms with van der Waals surface area (Å²) >= 11 is 0. The van der Waals surface area contributed by atoms with Crippen LogP contribution in [0.2, 0.25) is 0 Å². The number of benzene rings is 2. The molecule has 0 aliphatic carbocycles. The number of rotatable bonds is 6. The Labute approximate surface area is 181 Å². The van der Waals surface area contributed by atoms with Gasteiger partial charge < -0.3 is 14.4 Å². The van der Waals surface area contributed by atoms with Crippen LogP contribution in [0.3, 0.4) is 0 Å². The number of nitrogens with one attached hydrogen (secondary N) is 1. The predicted octanol–water partition coefficient (Wildman–Crippen LogP) is 4.95. The van der Waals surface area contributed by atoms with E-state index < -0.39 is 0 Å². The fourth-order valence-corrected chi connectivity index (χ4v) is 4.48. The second-order valence-electron chi connectivity index (χ2n) is 8.18. The number of carbonyl (C=O) groups excluding carboxylic acids is 1. The molecule has 2 aromatic heterocycles. The Morgan fingerprint density at radius 1 is 1.06 bits per heavy atom. The lowest BCUT2D eigenvalue weighted by atomic mass is 9.89. The second kappa shape index (κ2) is 8.76. The molecule has 1 aliphatic heterocycles. The van der Waals surface area contributed by atoms with E-state index in [0.29, 0.717) is 30.5 Å². The Hall–Kier alpha value is -3.41. The molecule has 0 radical (unpaired) electrons. The van der Waals surface area contributed by atoms with Crippen molar-refractivity contribution in [1.29, 1.82) is 0 Å². The molecular weight excluding hydrogens is 388 g/mol. The van der Waals surface area contributed by atoms with Crippen LogP contribution >= 0.6 is 0 Å². The van der Waals surface area contributed by atoms with Crippen LogP contribution in [-0.2, 0) is 11.2 Å². The summed E-state index contributed by atoms with van der Waals surface area (Å²) in [5.74, 6) is 1.92. The van der Waals surface area contributed by atoms with E-state index in [9.17, 15) is 4.79 Å². The fraction of sp³-hybridized carbons (Fsp3) is 0.320. The molecule has 31 heavy (non-hydrogen) atoms. The highest BCUT2D eigenvalue weighted by Gasteiger charge is 2.25. The molecule has 0 bridgehead atoms. The highest BCUT2D eigenvalue weighted by atomic mass is 16.5. The summed E-state index contributed by atoms with van der Waals surface area (Å²) < 4.78 is 5.35. The normalized spacial score (nSPS) is 14.9. The number of aryl methyl sites for hydroxylation is 1. The van der Waals surface area contributed by atoms with Crippen molar-refractivity contribution < 1.29 is 9.32 Å². The molecule has 3 heterocycles. The van der Waals surface area contributed by atoms with E-state index in [4.69, 9.17) is 4.52 Å². The van der Waals surface area contributed by atoms with E-state index >= 15 is 0 Å². The Morgan fingerprint density at radius 3 is 2.68 bits per heavy atom. The Balaban J connectivity index is 1.10. The van der Waals surface area contributed by atoms with Crippen LogP contribution in [0.1, 0.15) is 43.1 Å². The van der Waals surface area contributed by atoms with Crippen molar-refractivity contribution in [2.24, 2.45) is 0 Å². The summed E-state index contributed by atoms with van der Waals surface area (Å²) in [6, 6.07) is 18.2. The van der Waals surface area contributed by atoms with Crippen molar-refractivity contribution in [1.82, 2.24) is 20.0 Å². The van der Waals surface area contributed by atoms with E-state index in [0.717, 1.165) is 37.9 Å². The molecule has 6 heteroatoms. The van der Waals surface area contributed by atoms with E-state index in [1.54, 1.807) is 0 Å². The maximum Gasteiger partial charge on any atom is 0.226 e. The van der Waals surface area contributed by atoms with E-state index in [1.165, 1.54) is 16.5 Å². The third-order valence-corrected chi connectivity index (χ3v) is 6.19. The van der Waals surface area contributed by atoms with Gasteiger partial charge in [-0.2, -0.15) is 4.98 Å². The number of aromatic amines is 1. The lowest BCUT2D eigenvalue weighted by Gasteiger charge is -2.32. The van der Waals surface area contributed by atoms with Gasteiger partial charge in [-0.15, -0.1) is 0 Å². The predicted molar refractivity (Wildman–Crippen MR) is 120 cm³/mol. The molecule has 0 saturated carbocycles. The molecule has 0 atom stereocenters. The second-order valence-corrected chi connectivity index (χ2v) is 8.18. The minimum Gasteiger partial charge on any atom is -0.361 e. The van der Waals surface area contributed by atoms with Crippen molar-refractivity contribution in [2.75, 3.05) is 13.1 Å². The number of fused-ring (bicyclic) bond motifs is 1. The molecule has 6 nitrogen and oxygen atoms in total. The van der Waals surface area contributed by atoms with Gasteiger partial charge in [-0.25, -0.2) is 0 Å². The molecule has 4 aromatic rings. The summed E-state index contributed by atoms with van der Waals surface area (Å²) in [4.78, 5) is 22.5. The highest BCUT2D eigenvalue weighted by Crippen LogP contribution is 2.33. The minimum absolute atomic E-state index is 0.222. The van der Waals surface area contributed by atoms with Gasteiger partial charge in [-0.1, -0.05) is 53.7 Å². The first-order chi connectivity index (χ1) is 15.3. The van der Waals surface area contributed by atoms with E-state index in [-0.39, 0.29) is 5.91 Å². The van der Waals surface area contributed by atoms with Crippen LogP contribution < -0.4 is 0 Å². The van der Waals surface area contributed by atoms with Gasteiger partial charge in [-0.3, -0.25) is 4.79 Å². The molecule has 1 saturated heterocycles. The first-order valence-electron chi connectivity index (χ1n) is 11.0. The zero-order valence-electron chi connectivity index (χ0n) is 17.5. The van der Waals surface area contributed by atoms with Gasteiger partial charge in [-0.05, 0) is 36.8 Å². The summed E-state index contributed by atoms with van der Waals surface area (Å²) in [6.07, 6.45) is 6.02. The quantitative estimate of drug-likeness (QED) is 0.485. The van der Waals surface area contributed by atoms with Crippen molar-refractivity contribution in [2.45, 2.75) is 38.0 Å². The smallest absolute Gasteiger partial charge is 0.226 e. The maximum absolute atomic E-state index is 12.7. The molecule has 0 spiro atoms. The molecule has 1 amide bonds. The SMILES string of the molecule is O=C(CCCc1nc(-c2ccccc2)no1)N1CCC(c2c[nH]c3ccccc23)CC1. The van der Waals surface area contributed by atoms with Crippen LogP contribution in [0.5, 0.6) is 0 Å².